The molecule has 0 aliphatic carbocycles. The standard InChI is InChI=1S/C11H11Br2ClN2OS/c12-7-3-6(14)4-8(13)10(7)16-11(17)9-5-18-2-1-15-9/h3-4,9,15H,1-2,5H2,(H,16,17). The molecule has 1 aromatic rings. The van der Waals surface area contributed by atoms with E-state index in [0.29, 0.717) is 10.7 Å². The Labute approximate surface area is 132 Å². The molecule has 1 unspecified atom stereocenters. The van der Waals surface area contributed by atoms with Crippen LogP contribution in [0.25, 0.3) is 0 Å². The predicted molar refractivity (Wildman–Crippen MR) is 84.6 cm³/mol. The molecule has 1 aliphatic heterocycles. The molecule has 3 nitrogen and oxygen atoms in total. The van der Waals surface area contributed by atoms with Gasteiger partial charge in [-0.2, -0.15) is 11.8 Å². The summed E-state index contributed by atoms with van der Waals surface area (Å²) in [4.78, 5) is 12.1. The van der Waals surface area contributed by atoms with Gasteiger partial charge in [-0.05, 0) is 44.0 Å². The van der Waals surface area contributed by atoms with Crippen molar-refractivity contribution in [3.63, 3.8) is 0 Å². The van der Waals surface area contributed by atoms with Gasteiger partial charge >= 0.3 is 0 Å². The van der Waals surface area contributed by atoms with Crippen molar-refractivity contribution in [2.24, 2.45) is 0 Å². The van der Waals surface area contributed by atoms with Crippen molar-refractivity contribution in [3.05, 3.63) is 26.1 Å². The van der Waals surface area contributed by atoms with Gasteiger partial charge in [0.1, 0.15) is 0 Å². The molecule has 2 N–H and O–H groups in total. The van der Waals surface area contributed by atoms with Crippen LogP contribution in [0.4, 0.5) is 5.69 Å². The molecule has 1 atom stereocenters. The van der Waals surface area contributed by atoms with Gasteiger partial charge in [0.15, 0.2) is 0 Å². The van der Waals surface area contributed by atoms with Gasteiger partial charge in [0.2, 0.25) is 5.91 Å². The lowest BCUT2D eigenvalue weighted by Gasteiger charge is -2.22. The quantitative estimate of drug-likeness (QED) is 0.778. The van der Waals surface area contributed by atoms with Crippen molar-refractivity contribution in [2.75, 3.05) is 23.4 Å². The van der Waals surface area contributed by atoms with Crippen molar-refractivity contribution >= 4 is 66.8 Å². The van der Waals surface area contributed by atoms with E-state index < -0.39 is 0 Å². The first kappa shape index (κ1) is 14.7. The van der Waals surface area contributed by atoms with E-state index in [0.717, 1.165) is 27.0 Å². The lowest BCUT2D eigenvalue weighted by Crippen LogP contribution is -2.46. The number of carbonyl (C=O) groups is 1. The van der Waals surface area contributed by atoms with Gasteiger partial charge in [0.05, 0.1) is 11.7 Å². The number of anilines is 1. The van der Waals surface area contributed by atoms with Gasteiger partial charge < -0.3 is 10.6 Å². The second kappa shape index (κ2) is 6.61. The Bertz CT molecular complexity index is 443. The van der Waals surface area contributed by atoms with Gasteiger partial charge in [-0.25, -0.2) is 0 Å². The van der Waals surface area contributed by atoms with Gasteiger partial charge in [0.25, 0.3) is 0 Å². The van der Waals surface area contributed by atoms with Crippen LogP contribution in [0.2, 0.25) is 5.02 Å². The van der Waals surface area contributed by atoms with E-state index in [9.17, 15) is 4.79 Å². The third kappa shape index (κ3) is 3.63. The lowest BCUT2D eigenvalue weighted by molar-refractivity contribution is -0.117. The van der Waals surface area contributed by atoms with Crippen molar-refractivity contribution in [3.8, 4) is 0 Å². The fourth-order valence-corrected chi connectivity index (χ4v) is 4.41. The molecule has 1 fully saturated rings. The highest BCUT2D eigenvalue weighted by Crippen LogP contribution is 2.34. The number of rotatable bonds is 2. The van der Waals surface area contributed by atoms with Crippen LogP contribution in [0, 0.1) is 0 Å². The number of nitrogens with one attached hydrogen (secondary N) is 2. The number of halogens is 3. The molecule has 0 saturated carbocycles. The van der Waals surface area contributed by atoms with E-state index in [1.807, 2.05) is 0 Å². The fraction of sp³-hybridized carbons (Fsp3) is 0.364. The molecular formula is C11H11Br2ClN2OS. The predicted octanol–water partition coefficient (Wildman–Crippen LogP) is 3.51. The summed E-state index contributed by atoms with van der Waals surface area (Å²) >= 11 is 14.5. The number of thioether (sulfide) groups is 1. The van der Waals surface area contributed by atoms with E-state index in [4.69, 9.17) is 11.6 Å². The molecule has 18 heavy (non-hydrogen) atoms. The number of hydrogen-bond donors (Lipinski definition) is 2. The number of carbonyl (C=O) groups excluding carboxylic acids is 1. The van der Waals surface area contributed by atoms with E-state index in [2.05, 4.69) is 42.5 Å². The highest BCUT2D eigenvalue weighted by Gasteiger charge is 2.22. The fourth-order valence-electron chi connectivity index (χ4n) is 1.61. The molecule has 1 aromatic carbocycles. The summed E-state index contributed by atoms with van der Waals surface area (Å²) in [5.41, 5.74) is 0.710. The Hall–Kier alpha value is 0.250. The van der Waals surface area contributed by atoms with E-state index in [-0.39, 0.29) is 11.9 Å². The minimum absolute atomic E-state index is 0.0223. The summed E-state index contributed by atoms with van der Waals surface area (Å²) in [6.07, 6.45) is 0. The van der Waals surface area contributed by atoms with Gasteiger partial charge in [-0.1, -0.05) is 11.6 Å². The van der Waals surface area contributed by atoms with Crippen molar-refractivity contribution in [2.45, 2.75) is 6.04 Å². The molecule has 1 amide bonds. The largest absolute Gasteiger partial charge is 0.323 e. The summed E-state index contributed by atoms with van der Waals surface area (Å²) < 4.78 is 1.53. The topological polar surface area (TPSA) is 41.1 Å². The molecule has 98 valence electrons. The zero-order valence-electron chi connectivity index (χ0n) is 9.30. The molecule has 7 heteroatoms. The molecule has 0 radical (unpaired) electrons. The SMILES string of the molecule is O=C(Nc1c(Br)cc(Cl)cc1Br)C1CSCCN1. The molecule has 1 heterocycles. The third-order valence-electron chi connectivity index (χ3n) is 2.49. The minimum Gasteiger partial charge on any atom is -0.323 e. The van der Waals surface area contributed by atoms with Crippen LogP contribution in [-0.2, 0) is 4.79 Å². The molecule has 0 spiro atoms. The Kier molecular flexibility index (Phi) is 5.38. The van der Waals surface area contributed by atoms with Gasteiger partial charge in [-0.3, -0.25) is 4.79 Å². The molecular weight excluding hydrogens is 403 g/mol. The maximum atomic E-state index is 12.1. The maximum absolute atomic E-state index is 12.1. The van der Waals surface area contributed by atoms with E-state index in [1.54, 1.807) is 23.9 Å². The summed E-state index contributed by atoms with van der Waals surface area (Å²) in [7, 11) is 0. The average Bonchev–Trinajstić information content (AvgIpc) is 2.34. The zero-order chi connectivity index (χ0) is 13.1. The van der Waals surface area contributed by atoms with Crippen LogP contribution >= 0.6 is 55.2 Å². The molecule has 1 saturated heterocycles. The smallest absolute Gasteiger partial charge is 0.242 e. The monoisotopic (exact) mass is 412 g/mol. The first-order valence-corrected chi connectivity index (χ1v) is 8.46. The summed E-state index contributed by atoms with van der Waals surface area (Å²) in [5.74, 6) is 1.83. The van der Waals surface area contributed by atoms with Crippen molar-refractivity contribution in [1.82, 2.24) is 5.32 Å². The van der Waals surface area contributed by atoms with Gasteiger partial charge in [-0.15, -0.1) is 0 Å². The normalized spacial score (nSPS) is 19.6. The third-order valence-corrected chi connectivity index (χ3v) is 5.02. The summed E-state index contributed by atoms with van der Waals surface area (Å²) in [5, 5.41) is 6.72. The first-order chi connectivity index (χ1) is 8.58. The van der Waals surface area contributed by atoms with E-state index in [1.165, 1.54) is 0 Å². The molecule has 2 rings (SSSR count). The second-order valence-electron chi connectivity index (χ2n) is 3.82. The van der Waals surface area contributed by atoms with Crippen LogP contribution in [-0.4, -0.2) is 30.0 Å². The molecule has 0 bridgehead atoms. The molecule has 1 aliphatic rings. The Balaban J connectivity index is 2.11. The highest BCUT2D eigenvalue weighted by molar-refractivity contribution is 9.11. The summed E-state index contributed by atoms with van der Waals surface area (Å²) in [6.45, 7) is 0.867. The van der Waals surface area contributed by atoms with Crippen LogP contribution < -0.4 is 10.6 Å². The number of amides is 1. The van der Waals surface area contributed by atoms with Crippen LogP contribution in [0.3, 0.4) is 0 Å². The Morgan fingerprint density at radius 2 is 2.11 bits per heavy atom. The van der Waals surface area contributed by atoms with E-state index >= 15 is 0 Å². The van der Waals surface area contributed by atoms with Crippen LogP contribution in [0.15, 0.2) is 21.1 Å². The lowest BCUT2D eigenvalue weighted by atomic mass is 10.2. The van der Waals surface area contributed by atoms with Gasteiger partial charge in [0, 0.05) is 32.0 Å². The van der Waals surface area contributed by atoms with Crippen molar-refractivity contribution in [1.29, 1.82) is 0 Å². The maximum Gasteiger partial charge on any atom is 0.242 e. The molecule has 0 aromatic heterocycles. The first-order valence-electron chi connectivity index (χ1n) is 5.34. The highest BCUT2D eigenvalue weighted by atomic mass is 79.9. The Morgan fingerprint density at radius 1 is 1.44 bits per heavy atom. The minimum atomic E-state index is -0.141. The second-order valence-corrected chi connectivity index (χ2v) is 7.11. The van der Waals surface area contributed by atoms with Crippen LogP contribution in [0.1, 0.15) is 0 Å². The average molecular weight is 415 g/mol. The summed E-state index contributed by atoms with van der Waals surface area (Å²) in [6, 6.07) is 3.37. The number of benzene rings is 1. The van der Waals surface area contributed by atoms with Crippen LogP contribution in [0.5, 0.6) is 0 Å². The number of hydrogen-bond acceptors (Lipinski definition) is 3. The van der Waals surface area contributed by atoms with Crippen molar-refractivity contribution < 1.29 is 4.79 Å². The zero-order valence-corrected chi connectivity index (χ0v) is 14.0. The Morgan fingerprint density at radius 3 is 2.67 bits per heavy atom.